The summed E-state index contributed by atoms with van der Waals surface area (Å²) in [6, 6.07) is 10.1. The van der Waals surface area contributed by atoms with Gasteiger partial charge in [-0.2, -0.15) is 0 Å². The highest BCUT2D eigenvalue weighted by atomic mass is 16.4. The van der Waals surface area contributed by atoms with Gasteiger partial charge in [-0.1, -0.05) is 24.3 Å². The van der Waals surface area contributed by atoms with Gasteiger partial charge in [0.1, 0.15) is 0 Å². The van der Waals surface area contributed by atoms with Crippen molar-refractivity contribution < 1.29 is 4.42 Å². The fourth-order valence-corrected chi connectivity index (χ4v) is 1.62. The van der Waals surface area contributed by atoms with Gasteiger partial charge in [-0.15, -0.1) is 16.8 Å². The van der Waals surface area contributed by atoms with Crippen LogP contribution in [-0.4, -0.2) is 16.2 Å². The zero-order valence-electron chi connectivity index (χ0n) is 10.5. The molecule has 18 heavy (non-hydrogen) atoms. The van der Waals surface area contributed by atoms with E-state index in [9.17, 15) is 0 Å². The van der Waals surface area contributed by atoms with E-state index in [0.717, 1.165) is 12.0 Å². The first kappa shape index (κ1) is 12.5. The molecular formula is C14H17N3O. The molecule has 4 nitrogen and oxygen atoms in total. The third-order valence-electron chi connectivity index (χ3n) is 2.61. The predicted octanol–water partition coefficient (Wildman–Crippen LogP) is 2.79. The third-order valence-corrected chi connectivity index (χ3v) is 2.61. The topological polar surface area (TPSA) is 51.0 Å². The molecule has 0 saturated carbocycles. The molecule has 0 spiro atoms. The third kappa shape index (κ3) is 3.28. The Bertz CT molecular complexity index is 493. The van der Waals surface area contributed by atoms with Gasteiger partial charge in [0.05, 0.1) is 6.54 Å². The summed E-state index contributed by atoms with van der Waals surface area (Å²) in [5.41, 5.74) is 0.940. The number of aromatic nitrogens is 2. The van der Waals surface area contributed by atoms with Gasteiger partial charge in [-0.25, -0.2) is 0 Å². The lowest BCUT2D eigenvalue weighted by Gasteiger charge is -2.08. The van der Waals surface area contributed by atoms with Gasteiger partial charge in [-0.3, -0.25) is 0 Å². The molecule has 1 atom stereocenters. The number of hydrogen-bond donors (Lipinski definition) is 1. The van der Waals surface area contributed by atoms with Crippen molar-refractivity contribution in [2.75, 3.05) is 0 Å². The Kier molecular flexibility index (Phi) is 4.25. The van der Waals surface area contributed by atoms with Crippen LogP contribution >= 0.6 is 0 Å². The monoisotopic (exact) mass is 243 g/mol. The molecule has 0 aliphatic rings. The molecule has 1 heterocycles. The van der Waals surface area contributed by atoms with Gasteiger partial charge in [0, 0.05) is 11.6 Å². The zero-order valence-corrected chi connectivity index (χ0v) is 10.5. The second kappa shape index (κ2) is 6.12. The molecule has 2 rings (SSSR count). The van der Waals surface area contributed by atoms with Crippen LogP contribution in [0.2, 0.25) is 0 Å². The van der Waals surface area contributed by atoms with E-state index < -0.39 is 0 Å². The van der Waals surface area contributed by atoms with Crippen molar-refractivity contribution >= 4 is 0 Å². The Morgan fingerprint density at radius 2 is 2.11 bits per heavy atom. The minimum atomic E-state index is 0.356. The van der Waals surface area contributed by atoms with Crippen molar-refractivity contribution in [3.8, 4) is 11.5 Å². The van der Waals surface area contributed by atoms with Crippen molar-refractivity contribution in [2.24, 2.45) is 0 Å². The SMILES string of the molecule is C=CCC(C)NCc1nnc(-c2ccccc2)o1. The summed E-state index contributed by atoms with van der Waals surface area (Å²) in [6.07, 6.45) is 2.81. The van der Waals surface area contributed by atoms with Crippen LogP contribution in [0.15, 0.2) is 47.4 Å². The Balaban J connectivity index is 1.96. The summed E-state index contributed by atoms with van der Waals surface area (Å²) in [6.45, 7) is 6.38. The first-order valence-corrected chi connectivity index (χ1v) is 6.01. The van der Waals surface area contributed by atoms with Crippen LogP contribution in [0, 0.1) is 0 Å². The van der Waals surface area contributed by atoms with Crippen LogP contribution in [0.3, 0.4) is 0 Å². The number of nitrogens with zero attached hydrogens (tertiary/aromatic N) is 2. The number of rotatable bonds is 6. The van der Waals surface area contributed by atoms with Crippen LogP contribution < -0.4 is 5.32 Å². The number of benzene rings is 1. The Morgan fingerprint density at radius 3 is 2.83 bits per heavy atom. The van der Waals surface area contributed by atoms with Gasteiger partial charge < -0.3 is 9.73 Å². The van der Waals surface area contributed by atoms with Crippen molar-refractivity contribution in [1.82, 2.24) is 15.5 Å². The first-order valence-electron chi connectivity index (χ1n) is 6.01. The van der Waals surface area contributed by atoms with E-state index in [0.29, 0.717) is 24.4 Å². The van der Waals surface area contributed by atoms with E-state index in [1.54, 1.807) is 0 Å². The minimum absolute atomic E-state index is 0.356. The summed E-state index contributed by atoms with van der Waals surface area (Å²) in [5, 5.41) is 11.4. The maximum Gasteiger partial charge on any atom is 0.247 e. The number of nitrogens with one attached hydrogen (secondary N) is 1. The summed E-state index contributed by atoms with van der Waals surface area (Å²) < 4.78 is 5.59. The largest absolute Gasteiger partial charge is 0.419 e. The van der Waals surface area contributed by atoms with Crippen molar-refractivity contribution in [3.05, 3.63) is 48.9 Å². The maximum atomic E-state index is 5.59. The van der Waals surface area contributed by atoms with Crippen LogP contribution in [0.4, 0.5) is 0 Å². The summed E-state index contributed by atoms with van der Waals surface area (Å²) in [4.78, 5) is 0. The Morgan fingerprint density at radius 1 is 1.33 bits per heavy atom. The number of hydrogen-bond acceptors (Lipinski definition) is 4. The fraction of sp³-hybridized carbons (Fsp3) is 0.286. The van der Waals surface area contributed by atoms with Crippen LogP contribution in [0.1, 0.15) is 19.2 Å². The van der Waals surface area contributed by atoms with Gasteiger partial charge in [0.25, 0.3) is 0 Å². The molecule has 1 unspecified atom stereocenters. The average molecular weight is 243 g/mol. The van der Waals surface area contributed by atoms with Crippen LogP contribution in [-0.2, 0) is 6.54 Å². The lowest BCUT2D eigenvalue weighted by molar-refractivity contribution is 0.450. The summed E-state index contributed by atoms with van der Waals surface area (Å²) in [5.74, 6) is 1.16. The summed E-state index contributed by atoms with van der Waals surface area (Å²) in [7, 11) is 0. The van der Waals surface area contributed by atoms with E-state index in [1.165, 1.54) is 0 Å². The lowest BCUT2D eigenvalue weighted by Crippen LogP contribution is -2.24. The molecular weight excluding hydrogens is 226 g/mol. The highest BCUT2D eigenvalue weighted by Crippen LogP contribution is 2.16. The normalized spacial score (nSPS) is 12.3. The second-order valence-corrected chi connectivity index (χ2v) is 4.17. The standard InChI is InChI=1S/C14H17N3O/c1-3-7-11(2)15-10-13-16-17-14(18-13)12-8-5-4-6-9-12/h3-6,8-9,11,15H,1,7,10H2,2H3. The van der Waals surface area contributed by atoms with E-state index in [4.69, 9.17) is 4.42 Å². The Hall–Kier alpha value is -1.94. The van der Waals surface area contributed by atoms with Gasteiger partial charge in [-0.05, 0) is 25.5 Å². The molecule has 0 amide bonds. The van der Waals surface area contributed by atoms with Gasteiger partial charge >= 0.3 is 0 Å². The minimum Gasteiger partial charge on any atom is -0.419 e. The molecule has 0 radical (unpaired) electrons. The second-order valence-electron chi connectivity index (χ2n) is 4.17. The molecule has 4 heteroatoms. The molecule has 94 valence electrons. The smallest absolute Gasteiger partial charge is 0.247 e. The van der Waals surface area contributed by atoms with Crippen molar-refractivity contribution in [2.45, 2.75) is 25.9 Å². The van der Waals surface area contributed by atoms with Crippen molar-refractivity contribution in [3.63, 3.8) is 0 Å². The van der Waals surface area contributed by atoms with E-state index in [1.807, 2.05) is 36.4 Å². The fourth-order valence-electron chi connectivity index (χ4n) is 1.62. The lowest BCUT2D eigenvalue weighted by atomic mass is 10.2. The molecule has 1 N–H and O–H groups in total. The molecule has 1 aromatic carbocycles. The van der Waals surface area contributed by atoms with Crippen LogP contribution in [0.5, 0.6) is 0 Å². The molecule has 0 aliphatic heterocycles. The molecule has 0 aliphatic carbocycles. The molecule has 2 aromatic rings. The van der Waals surface area contributed by atoms with Crippen molar-refractivity contribution in [1.29, 1.82) is 0 Å². The molecule has 0 bridgehead atoms. The molecule has 1 aromatic heterocycles. The predicted molar refractivity (Wildman–Crippen MR) is 70.8 cm³/mol. The first-order chi connectivity index (χ1) is 8.79. The highest BCUT2D eigenvalue weighted by Gasteiger charge is 2.08. The summed E-state index contributed by atoms with van der Waals surface area (Å²) >= 11 is 0. The average Bonchev–Trinajstić information content (AvgIpc) is 2.87. The van der Waals surface area contributed by atoms with Crippen LogP contribution in [0.25, 0.3) is 11.5 Å². The highest BCUT2D eigenvalue weighted by molar-refractivity contribution is 5.51. The quantitative estimate of drug-likeness (QED) is 0.793. The molecule has 0 saturated heterocycles. The molecule has 0 fully saturated rings. The van der Waals surface area contributed by atoms with Gasteiger partial charge in [0.2, 0.25) is 11.8 Å². The zero-order chi connectivity index (χ0) is 12.8. The Labute approximate surface area is 107 Å². The maximum absolute atomic E-state index is 5.59. The van der Waals surface area contributed by atoms with Gasteiger partial charge in [0.15, 0.2) is 0 Å². The van der Waals surface area contributed by atoms with E-state index in [-0.39, 0.29) is 0 Å². The van der Waals surface area contributed by atoms with E-state index in [2.05, 4.69) is 29.0 Å². The van der Waals surface area contributed by atoms with E-state index >= 15 is 0 Å².